The van der Waals surface area contributed by atoms with E-state index in [0.29, 0.717) is 11.5 Å². The van der Waals surface area contributed by atoms with Gasteiger partial charge in [-0.05, 0) is 32.4 Å². The highest BCUT2D eigenvalue weighted by Crippen LogP contribution is 2.21. The number of nitrogens with one attached hydrogen (secondary N) is 1. The lowest BCUT2D eigenvalue weighted by Crippen LogP contribution is -2.45. The molecule has 0 aromatic rings. The van der Waals surface area contributed by atoms with E-state index in [-0.39, 0.29) is 0 Å². The van der Waals surface area contributed by atoms with E-state index in [2.05, 4.69) is 51.9 Å². The summed E-state index contributed by atoms with van der Waals surface area (Å²) in [6, 6.07) is 0.553. The Hall–Kier alpha value is -0.0800. The van der Waals surface area contributed by atoms with Crippen molar-refractivity contribution < 1.29 is 0 Å². The molecule has 86 valence electrons. The van der Waals surface area contributed by atoms with Crippen LogP contribution in [0, 0.1) is 11.3 Å². The van der Waals surface area contributed by atoms with Crippen LogP contribution in [0.3, 0.4) is 0 Å². The number of rotatable bonds is 6. The second kappa shape index (κ2) is 5.72. The molecule has 2 nitrogen and oxygen atoms in total. The molecule has 0 aromatic carbocycles. The lowest BCUT2D eigenvalue weighted by molar-refractivity contribution is 0.158. The van der Waals surface area contributed by atoms with Gasteiger partial charge >= 0.3 is 0 Å². The van der Waals surface area contributed by atoms with Gasteiger partial charge in [0.2, 0.25) is 0 Å². The highest BCUT2D eigenvalue weighted by molar-refractivity contribution is 4.82. The third-order valence-electron chi connectivity index (χ3n) is 2.96. The molecule has 0 aliphatic heterocycles. The molecule has 0 aromatic heterocycles. The molecular weight excluding hydrogens is 172 g/mol. The Morgan fingerprint density at radius 1 is 1.21 bits per heavy atom. The van der Waals surface area contributed by atoms with E-state index in [4.69, 9.17) is 0 Å². The molecule has 0 fully saturated rings. The molecule has 0 saturated heterocycles. The molecule has 0 amide bonds. The first kappa shape index (κ1) is 13.9. The van der Waals surface area contributed by atoms with Crippen molar-refractivity contribution in [3.63, 3.8) is 0 Å². The SMILES string of the molecule is CNC(C)C(C)(C)CN(C)CC(C)C. The first-order valence-electron chi connectivity index (χ1n) is 5.65. The van der Waals surface area contributed by atoms with Gasteiger partial charge in [0.15, 0.2) is 0 Å². The summed E-state index contributed by atoms with van der Waals surface area (Å²) in [6.45, 7) is 13.8. The van der Waals surface area contributed by atoms with E-state index in [9.17, 15) is 0 Å². The molecule has 14 heavy (non-hydrogen) atoms. The number of hydrogen-bond donors (Lipinski definition) is 1. The largest absolute Gasteiger partial charge is 0.317 e. The predicted molar refractivity (Wildman–Crippen MR) is 64.6 cm³/mol. The third kappa shape index (κ3) is 4.97. The topological polar surface area (TPSA) is 15.3 Å². The lowest BCUT2D eigenvalue weighted by Gasteiger charge is -2.36. The van der Waals surface area contributed by atoms with Crippen molar-refractivity contribution in [2.45, 2.75) is 40.7 Å². The zero-order chi connectivity index (χ0) is 11.4. The summed E-state index contributed by atoms with van der Waals surface area (Å²) < 4.78 is 0. The van der Waals surface area contributed by atoms with Gasteiger partial charge in [-0.1, -0.05) is 27.7 Å². The van der Waals surface area contributed by atoms with Gasteiger partial charge < -0.3 is 10.2 Å². The fraction of sp³-hybridized carbons (Fsp3) is 1.00. The minimum absolute atomic E-state index is 0.332. The minimum Gasteiger partial charge on any atom is -0.317 e. The molecule has 1 atom stereocenters. The van der Waals surface area contributed by atoms with Gasteiger partial charge in [-0.2, -0.15) is 0 Å². The quantitative estimate of drug-likeness (QED) is 0.707. The second-order valence-electron chi connectivity index (χ2n) is 5.59. The van der Waals surface area contributed by atoms with Gasteiger partial charge in [0.05, 0.1) is 0 Å². The van der Waals surface area contributed by atoms with Crippen molar-refractivity contribution in [3.8, 4) is 0 Å². The van der Waals surface area contributed by atoms with Crippen molar-refractivity contribution in [2.24, 2.45) is 11.3 Å². The highest BCUT2D eigenvalue weighted by Gasteiger charge is 2.26. The fourth-order valence-electron chi connectivity index (χ4n) is 1.91. The van der Waals surface area contributed by atoms with Crippen LogP contribution in [0.1, 0.15) is 34.6 Å². The molecule has 1 unspecified atom stereocenters. The van der Waals surface area contributed by atoms with Crippen molar-refractivity contribution in [2.75, 3.05) is 27.2 Å². The van der Waals surface area contributed by atoms with E-state index in [1.807, 2.05) is 7.05 Å². The summed E-state index contributed by atoms with van der Waals surface area (Å²) in [7, 11) is 4.25. The Kier molecular flexibility index (Phi) is 5.68. The van der Waals surface area contributed by atoms with Crippen LogP contribution in [0.4, 0.5) is 0 Å². The van der Waals surface area contributed by atoms with Gasteiger partial charge in [0, 0.05) is 19.1 Å². The van der Waals surface area contributed by atoms with Crippen LogP contribution >= 0.6 is 0 Å². The van der Waals surface area contributed by atoms with E-state index < -0.39 is 0 Å². The number of hydrogen-bond acceptors (Lipinski definition) is 2. The van der Waals surface area contributed by atoms with Gasteiger partial charge in [0.25, 0.3) is 0 Å². The molecule has 0 aliphatic rings. The van der Waals surface area contributed by atoms with Crippen molar-refractivity contribution in [3.05, 3.63) is 0 Å². The summed E-state index contributed by atoms with van der Waals surface area (Å²) in [4.78, 5) is 2.43. The first-order chi connectivity index (χ1) is 6.29. The van der Waals surface area contributed by atoms with Crippen molar-refractivity contribution in [1.82, 2.24) is 10.2 Å². The van der Waals surface area contributed by atoms with Crippen molar-refractivity contribution >= 4 is 0 Å². The monoisotopic (exact) mass is 200 g/mol. The average molecular weight is 200 g/mol. The fourth-order valence-corrected chi connectivity index (χ4v) is 1.91. The van der Waals surface area contributed by atoms with Crippen LogP contribution in [0.5, 0.6) is 0 Å². The van der Waals surface area contributed by atoms with Gasteiger partial charge in [-0.15, -0.1) is 0 Å². The van der Waals surface area contributed by atoms with Gasteiger partial charge in [-0.25, -0.2) is 0 Å². The maximum atomic E-state index is 3.34. The molecule has 1 N–H and O–H groups in total. The second-order valence-corrected chi connectivity index (χ2v) is 5.59. The molecule has 0 saturated carbocycles. The summed E-state index contributed by atoms with van der Waals surface area (Å²) in [5, 5.41) is 3.34. The molecule has 0 bridgehead atoms. The summed E-state index contributed by atoms with van der Waals surface area (Å²) in [5.74, 6) is 0.751. The molecule has 0 aliphatic carbocycles. The van der Waals surface area contributed by atoms with Crippen LogP contribution < -0.4 is 5.32 Å². The molecule has 0 radical (unpaired) electrons. The zero-order valence-electron chi connectivity index (χ0n) is 11.0. The van der Waals surface area contributed by atoms with E-state index in [0.717, 1.165) is 12.5 Å². The Balaban J connectivity index is 4.07. The lowest BCUT2D eigenvalue weighted by atomic mass is 9.85. The summed E-state index contributed by atoms with van der Waals surface area (Å²) in [5.41, 5.74) is 0.332. The molecular formula is C12H28N2. The Labute approximate surface area is 90.1 Å². The first-order valence-corrected chi connectivity index (χ1v) is 5.65. The normalized spacial score (nSPS) is 15.2. The molecule has 2 heteroatoms. The highest BCUT2D eigenvalue weighted by atomic mass is 15.1. The van der Waals surface area contributed by atoms with Gasteiger partial charge in [-0.3, -0.25) is 0 Å². The Morgan fingerprint density at radius 3 is 2.07 bits per heavy atom. The van der Waals surface area contributed by atoms with E-state index in [1.165, 1.54) is 6.54 Å². The van der Waals surface area contributed by atoms with Crippen LogP contribution in [-0.4, -0.2) is 38.1 Å². The van der Waals surface area contributed by atoms with Crippen LogP contribution in [-0.2, 0) is 0 Å². The predicted octanol–water partition coefficient (Wildman–Crippen LogP) is 2.21. The average Bonchev–Trinajstić information content (AvgIpc) is 1.99. The summed E-state index contributed by atoms with van der Waals surface area (Å²) in [6.07, 6.45) is 0. The standard InChI is InChI=1S/C12H28N2/c1-10(2)8-14(7)9-12(4,5)11(3)13-6/h10-11,13H,8-9H2,1-7H3. The molecule has 0 heterocycles. The van der Waals surface area contributed by atoms with E-state index in [1.54, 1.807) is 0 Å². The van der Waals surface area contributed by atoms with Gasteiger partial charge in [0.1, 0.15) is 0 Å². The zero-order valence-corrected chi connectivity index (χ0v) is 11.0. The molecule has 0 spiro atoms. The minimum atomic E-state index is 0.332. The Morgan fingerprint density at radius 2 is 1.71 bits per heavy atom. The maximum Gasteiger partial charge on any atom is 0.00991 e. The van der Waals surface area contributed by atoms with E-state index >= 15 is 0 Å². The maximum absolute atomic E-state index is 3.34. The summed E-state index contributed by atoms with van der Waals surface area (Å²) >= 11 is 0. The smallest absolute Gasteiger partial charge is 0.00991 e. The third-order valence-corrected chi connectivity index (χ3v) is 2.96. The van der Waals surface area contributed by atoms with Crippen LogP contribution in [0.15, 0.2) is 0 Å². The van der Waals surface area contributed by atoms with Crippen molar-refractivity contribution in [1.29, 1.82) is 0 Å². The Bertz CT molecular complexity index is 152. The van der Waals surface area contributed by atoms with Crippen LogP contribution in [0.25, 0.3) is 0 Å². The van der Waals surface area contributed by atoms with Crippen LogP contribution in [0.2, 0.25) is 0 Å². The molecule has 0 rings (SSSR count). The number of nitrogens with zero attached hydrogens (tertiary/aromatic N) is 1.